The molecule has 1 aromatic heterocycles. The highest BCUT2D eigenvalue weighted by Crippen LogP contribution is 2.36. The van der Waals surface area contributed by atoms with Gasteiger partial charge in [0.05, 0.1) is 19.4 Å². The second-order valence-electron chi connectivity index (χ2n) is 7.66. The number of halogens is 4. The van der Waals surface area contributed by atoms with Gasteiger partial charge in [-0.2, -0.15) is 23.1 Å². The number of anilines is 1. The molecule has 0 amide bonds. The molecule has 1 saturated heterocycles. The number of benzene rings is 1. The summed E-state index contributed by atoms with van der Waals surface area (Å²) in [5, 5.41) is 3.08. The molecule has 1 aromatic carbocycles. The van der Waals surface area contributed by atoms with Gasteiger partial charge in [-0.3, -0.25) is 0 Å². The summed E-state index contributed by atoms with van der Waals surface area (Å²) in [5.74, 6) is 0.285. The number of hydrogen-bond acceptors (Lipinski definition) is 6. The number of alkyl halides is 3. The zero-order chi connectivity index (χ0) is 23.4. The van der Waals surface area contributed by atoms with Crippen molar-refractivity contribution in [3.8, 4) is 23.0 Å². The first-order valence-corrected chi connectivity index (χ1v) is 10.5. The molecule has 0 saturated carbocycles. The van der Waals surface area contributed by atoms with Gasteiger partial charge >= 0.3 is 12.2 Å². The molecule has 1 N–H and O–H groups in total. The van der Waals surface area contributed by atoms with Gasteiger partial charge in [-0.15, -0.1) is 0 Å². The topological polar surface area (TPSA) is 65.5 Å². The Morgan fingerprint density at radius 1 is 1.18 bits per heavy atom. The molecular weight excluding hydrogens is 442 g/mol. The highest BCUT2D eigenvalue weighted by Gasteiger charge is 2.35. The lowest BCUT2D eigenvalue weighted by atomic mass is 9.95. The van der Waals surface area contributed by atoms with Crippen molar-refractivity contribution in [2.75, 3.05) is 25.6 Å². The van der Waals surface area contributed by atoms with E-state index in [1.807, 2.05) is 24.3 Å². The smallest absolute Gasteiger partial charge is 0.412 e. The molecule has 4 rings (SSSR count). The molecule has 1 aliphatic carbocycles. The molecule has 2 heterocycles. The van der Waals surface area contributed by atoms with Crippen LogP contribution in [0.4, 0.5) is 23.4 Å². The quantitative estimate of drug-likeness (QED) is 0.513. The van der Waals surface area contributed by atoms with E-state index in [0.717, 1.165) is 12.0 Å². The lowest BCUT2D eigenvalue weighted by molar-refractivity contribution is -0.165. The molecule has 10 heteroatoms. The van der Waals surface area contributed by atoms with Gasteiger partial charge in [0.25, 0.3) is 0 Å². The third kappa shape index (κ3) is 5.81. The first-order chi connectivity index (χ1) is 15.8. The molecule has 0 radical (unpaired) electrons. The van der Waals surface area contributed by atoms with Crippen LogP contribution in [0, 0.1) is 0 Å². The van der Waals surface area contributed by atoms with Crippen LogP contribution >= 0.6 is 0 Å². The summed E-state index contributed by atoms with van der Waals surface area (Å²) < 4.78 is 68.6. The molecule has 1 aliphatic heterocycles. The number of allylic oxidation sites excluding steroid dienone is 3. The number of nitrogens with zero attached hydrogens (tertiary/aromatic N) is 2. The zero-order valence-electron chi connectivity index (χ0n) is 17.9. The van der Waals surface area contributed by atoms with Crippen LogP contribution in [0.1, 0.15) is 25.7 Å². The van der Waals surface area contributed by atoms with Crippen molar-refractivity contribution in [1.82, 2.24) is 9.97 Å². The number of nitrogens with one attached hydrogen (secondary N) is 1. The van der Waals surface area contributed by atoms with E-state index in [2.05, 4.69) is 15.3 Å². The van der Waals surface area contributed by atoms with Gasteiger partial charge in [0, 0.05) is 30.2 Å². The van der Waals surface area contributed by atoms with Crippen molar-refractivity contribution in [3.05, 3.63) is 53.4 Å². The number of aromatic nitrogens is 2. The lowest BCUT2D eigenvalue weighted by Crippen LogP contribution is -2.32. The Morgan fingerprint density at radius 3 is 2.67 bits per heavy atom. The van der Waals surface area contributed by atoms with Gasteiger partial charge in [-0.05, 0) is 43.0 Å². The number of methoxy groups -OCH3 is 1. The monoisotopic (exact) mass is 465 g/mol. The van der Waals surface area contributed by atoms with E-state index in [-0.39, 0.29) is 31.6 Å². The minimum Gasteiger partial charge on any atom is -0.467 e. The Hall–Kier alpha value is -3.14. The van der Waals surface area contributed by atoms with E-state index in [4.69, 9.17) is 14.2 Å². The molecule has 0 bridgehead atoms. The highest BCUT2D eigenvalue weighted by molar-refractivity contribution is 5.64. The number of hydrogen-bond donors (Lipinski definition) is 1. The van der Waals surface area contributed by atoms with Crippen LogP contribution in [-0.4, -0.2) is 42.7 Å². The van der Waals surface area contributed by atoms with Gasteiger partial charge in [0.15, 0.2) is 0 Å². The predicted octanol–water partition coefficient (Wildman–Crippen LogP) is 5.59. The SMILES string of the molecule is COc1nc(NCCC2=C(F)C=C(C(F)(F)F)CC2)cc(-c2cccc(OC3CCO3)c2)n1. The fraction of sp³-hybridized carbons (Fsp3) is 0.391. The summed E-state index contributed by atoms with van der Waals surface area (Å²) in [6.07, 6.45) is -3.24. The molecule has 1 atom stereocenters. The van der Waals surface area contributed by atoms with Crippen molar-refractivity contribution in [1.29, 1.82) is 0 Å². The van der Waals surface area contributed by atoms with Gasteiger partial charge in [0.1, 0.15) is 17.4 Å². The van der Waals surface area contributed by atoms with Crippen molar-refractivity contribution in [2.24, 2.45) is 0 Å². The van der Waals surface area contributed by atoms with E-state index in [1.54, 1.807) is 6.07 Å². The van der Waals surface area contributed by atoms with E-state index in [9.17, 15) is 17.6 Å². The molecule has 176 valence electrons. The van der Waals surface area contributed by atoms with Gasteiger partial charge in [0.2, 0.25) is 6.29 Å². The van der Waals surface area contributed by atoms with Crippen LogP contribution < -0.4 is 14.8 Å². The third-order valence-corrected chi connectivity index (χ3v) is 5.37. The lowest BCUT2D eigenvalue weighted by Gasteiger charge is -2.26. The van der Waals surface area contributed by atoms with Crippen LogP contribution in [0.2, 0.25) is 0 Å². The molecular formula is C23H23F4N3O3. The molecule has 33 heavy (non-hydrogen) atoms. The largest absolute Gasteiger partial charge is 0.467 e. The Labute approximate surface area is 188 Å². The van der Waals surface area contributed by atoms with Gasteiger partial charge < -0.3 is 19.5 Å². The van der Waals surface area contributed by atoms with Gasteiger partial charge in [-0.1, -0.05) is 12.1 Å². The van der Waals surface area contributed by atoms with Crippen molar-refractivity contribution < 1.29 is 31.8 Å². The average Bonchev–Trinajstić information content (AvgIpc) is 2.76. The summed E-state index contributed by atoms with van der Waals surface area (Å²) >= 11 is 0. The second-order valence-corrected chi connectivity index (χ2v) is 7.66. The molecule has 1 fully saturated rings. The van der Waals surface area contributed by atoms with E-state index < -0.39 is 17.6 Å². The van der Waals surface area contributed by atoms with Crippen molar-refractivity contribution >= 4 is 5.82 Å². The van der Waals surface area contributed by atoms with Crippen LogP contribution in [0.3, 0.4) is 0 Å². The maximum atomic E-state index is 14.1. The first kappa shape index (κ1) is 23.0. The standard InChI is InChI=1S/C23H23F4N3O3/c1-31-22-29-19(15-3-2-4-17(11-15)33-21-8-10-32-21)13-20(30-22)28-9-7-14-5-6-16(12-18(14)24)23(25,26)27/h2-4,11-13,21H,5-10H2,1H3,(H,28,29,30). The minimum absolute atomic E-state index is 0.0364. The second kappa shape index (κ2) is 9.78. The van der Waals surface area contributed by atoms with Crippen LogP contribution in [0.5, 0.6) is 11.8 Å². The fourth-order valence-electron chi connectivity index (χ4n) is 3.48. The zero-order valence-corrected chi connectivity index (χ0v) is 17.9. The van der Waals surface area contributed by atoms with E-state index in [1.165, 1.54) is 7.11 Å². The fourth-order valence-corrected chi connectivity index (χ4v) is 3.48. The molecule has 6 nitrogen and oxygen atoms in total. The Balaban J connectivity index is 1.44. The first-order valence-electron chi connectivity index (χ1n) is 10.5. The minimum atomic E-state index is -4.50. The average molecular weight is 465 g/mol. The summed E-state index contributed by atoms with van der Waals surface area (Å²) in [7, 11) is 1.45. The Kier molecular flexibility index (Phi) is 6.83. The maximum Gasteiger partial charge on any atom is 0.412 e. The number of ether oxygens (including phenoxy) is 3. The molecule has 2 aliphatic rings. The van der Waals surface area contributed by atoms with Crippen molar-refractivity contribution in [3.63, 3.8) is 0 Å². The Bertz CT molecular complexity index is 1070. The van der Waals surface area contributed by atoms with Crippen molar-refractivity contribution in [2.45, 2.75) is 38.1 Å². The molecule has 2 aromatic rings. The van der Waals surface area contributed by atoms with Crippen LogP contribution in [0.15, 0.2) is 53.4 Å². The van der Waals surface area contributed by atoms with E-state index >= 15 is 0 Å². The molecule has 0 spiro atoms. The predicted molar refractivity (Wildman–Crippen MR) is 114 cm³/mol. The van der Waals surface area contributed by atoms with Crippen LogP contribution in [0.25, 0.3) is 11.3 Å². The highest BCUT2D eigenvalue weighted by atomic mass is 19.4. The summed E-state index contributed by atoms with van der Waals surface area (Å²) in [5.41, 5.74) is 0.878. The summed E-state index contributed by atoms with van der Waals surface area (Å²) in [4.78, 5) is 8.62. The third-order valence-electron chi connectivity index (χ3n) is 5.37. The summed E-state index contributed by atoms with van der Waals surface area (Å²) in [6, 6.07) is 9.23. The normalized spacial score (nSPS) is 18.5. The Morgan fingerprint density at radius 2 is 2.00 bits per heavy atom. The molecule has 1 unspecified atom stereocenters. The maximum absolute atomic E-state index is 14.1. The number of rotatable bonds is 8. The van der Waals surface area contributed by atoms with Crippen LogP contribution in [-0.2, 0) is 4.74 Å². The summed E-state index contributed by atoms with van der Waals surface area (Å²) in [6.45, 7) is 0.975. The van der Waals surface area contributed by atoms with Gasteiger partial charge in [-0.25, -0.2) is 4.39 Å². The van der Waals surface area contributed by atoms with E-state index in [0.29, 0.717) is 42.1 Å².